The molecule has 1 rings (SSSR count). The molecular weight excluding hydrogens is 246 g/mol. The lowest BCUT2D eigenvalue weighted by molar-refractivity contribution is -0.157. The van der Waals surface area contributed by atoms with Crippen molar-refractivity contribution in [2.45, 2.75) is 64.5 Å². The van der Waals surface area contributed by atoms with Crippen LogP contribution in [-0.2, 0) is 14.3 Å². The van der Waals surface area contributed by atoms with Crippen LogP contribution in [0, 0.1) is 0 Å². The van der Waals surface area contributed by atoms with E-state index in [4.69, 9.17) is 9.47 Å². The molecule has 19 heavy (non-hydrogen) atoms. The van der Waals surface area contributed by atoms with E-state index in [1.807, 2.05) is 27.7 Å². The number of rotatable bonds is 2. The Balaban J connectivity index is 2.99. The molecular formula is C14H25NO4. The first-order valence-electron chi connectivity index (χ1n) is 6.86. The Kier molecular flexibility index (Phi) is 4.82. The quantitative estimate of drug-likeness (QED) is 0.725. The van der Waals surface area contributed by atoms with Crippen LogP contribution < -0.4 is 0 Å². The van der Waals surface area contributed by atoms with Gasteiger partial charge in [-0.15, -0.1) is 0 Å². The number of carbonyl (C=O) groups is 2. The largest absolute Gasteiger partial charge is 0.467 e. The van der Waals surface area contributed by atoms with Gasteiger partial charge in [0, 0.05) is 6.54 Å². The SMILES string of the molecule is CCC1(C(=O)OC)CCCCN1C(=O)OC(C)(C)C. The van der Waals surface area contributed by atoms with Gasteiger partial charge in [0.15, 0.2) is 0 Å². The third-order valence-electron chi connectivity index (χ3n) is 3.50. The van der Waals surface area contributed by atoms with Crippen molar-refractivity contribution in [1.82, 2.24) is 4.90 Å². The van der Waals surface area contributed by atoms with Crippen molar-refractivity contribution < 1.29 is 19.1 Å². The number of ether oxygens (including phenoxy) is 2. The second-order valence-corrected chi connectivity index (χ2v) is 5.97. The van der Waals surface area contributed by atoms with Crippen molar-refractivity contribution in [1.29, 1.82) is 0 Å². The van der Waals surface area contributed by atoms with Crippen LogP contribution in [0.15, 0.2) is 0 Å². The lowest BCUT2D eigenvalue weighted by Gasteiger charge is -2.44. The summed E-state index contributed by atoms with van der Waals surface area (Å²) in [7, 11) is 1.36. The van der Waals surface area contributed by atoms with Gasteiger partial charge in [-0.2, -0.15) is 0 Å². The average Bonchev–Trinajstić information content (AvgIpc) is 2.35. The van der Waals surface area contributed by atoms with Crippen molar-refractivity contribution >= 4 is 12.1 Å². The normalized spacial score (nSPS) is 23.9. The van der Waals surface area contributed by atoms with Gasteiger partial charge in [-0.3, -0.25) is 4.90 Å². The minimum atomic E-state index is -0.866. The number of amides is 1. The number of piperidine rings is 1. The van der Waals surface area contributed by atoms with E-state index >= 15 is 0 Å². The summed E-state index contributed by atoms with van der Waals surface area (Å²) in [5.74, 6) is -0.347. The first kappa shape index (κ1) is 15.8. The van der Waals surface area contributed by atoms with E-state index in [0.717, 1.165) is 12.8 Å². The predicted octanol–water partition coefficient (Wildman–Crippen LogP) is 2.73. The summed E-state index contributed by atoms with van der Waals surface area (Å²) in [6, 6.07) is 0. The van der Waals surface area contributed by atoms with Gasteiger partial charge in [0.25, 0.3) is 0 Å². The first-order valence-corrected chi connectivity index (χ1v) is 6.86. The lowest BCUT2D eigenvalue weighted by Crippen LogP contribution is -2.60. The highest BCUT2D eigenvalue weighted by atomic mass is 16.6. The van der Waals surface area contributed by atoms with Crippen LogP contribution in [0.1, 0.15) is 53.4 Å². The van der Waals surface area contributed by atoms with E-state index in [1.165, 1.54) is 7.11 Å². The highest BCUT2D eigenvalue weighted by Crippen LogP contribution is 2.33. The molecule has 1 unspecified atom stereocenters. The highest BCUT2D eigenvalue weighted by molar-refractivity contribution is 5.86. The third-order valence-corrected chi connectivity index (χ3v) is 3.50. The Morgan fingerprint density at radius 1 is 1.26 bits per heavy atom. The molecule has 0 aromatic heterocycles. The number of nitrogens with zero attached hydrogens (tertiary/aromatic N) is 1. The molecule has 1 aliphatic rings. The maximum atomic E-state index is 12.3. The van der Waals surface area contributed by atoms with Gasteiger partial charge in [-0.05, 0) is 46.5 Å². The number of likely N-dealkylation sites (tertiary alicyclic amines) is 1. The number of esters is 1. The van der Waals surface area contributed by atoms with Gasteiger partial charge in [0.2, 0.25) is 0 Å². The maximum Gasteiger partial charge on any atom is 0.411 e. The highest BCUT2D eigenvalue weighted by Gasteiger charge is 2.48. The van der Waals surface area contributed by atoms with Crippen molar-refractivity contribution in [2.75, 3.05) is 13.7 Å². The second kappa shape index (κ2) is 5.80. The Bertz CT molecular complexity index is 348. The molecule has 0 aromatic carbocycles. The second-order valence-electron chi connectivity index (χ2n) is 5.97. The topological polar surface area (TPSA) is 55.8 Å². The van der Waals surface area contributed by atoms with Crippen molar-refractivity contribution in [3.05, 3.63) is 0 Å². The molecule has 0 spiro atoms. The van der Waals surface area contributed by atoms with E-state index in [9.17, 15) is 9.59 Å². The molecule has 1 atom stereocenters. The molecule has 1 aliphatic heterocycles. The van der Waals surface area contributed by atoms with Crippen molar-refractivity contribution in [3.63, 3.8) is 0 Å². The Hall–Kier alpha value is -1.26. The van der Waals surface area contributed by atoms with Gasteiger partial charge in [-0.25, -0.2) is 9.59 Å². The molecule has 5 heteroatoms. The van der Waals surface area contributed by atoms with E-state index in [-0.39, 0.29) is 5.97 Å². The number of hydrogen-bond donors (Lipinski definition) is 0. The summed E-state index contributed by atoms with van der Waals surface area (Å²) in [4.78, 5) is 26.0. The molecule has 0 bridgehead atoms. The molecule has 1 heterocycles. The molecule has 0 radical (unpaired) electrons. The fraction of sp³-hybridized carbons (Fsp3) is 0.857. The number of methoxy groups -OCH3 is 1. The number of hydrogen-bond acceptors (Lipinski definition) is 4. The first-order chi connectivity index (χ1) is 8.77. The van der Waals surface area contributed by atoms with Crippen molar-refractivity contribution in [3.8, 4) is 0 Å². The van der Waals surface area contributed by atoms with Gasteiger partial charge >= 0.3 is 12.1 Å². The van der Waals surface area contributed by atoms with E-state index in [1.54, 1.807) is 4.90 Å². The predicted molar refractivity (Wildman–Crippen MR) is 71.8 cm³/mol. The molecule has 1 fully saturated rings. The Morgan fingerprint density at radius 3 is 2.37 bits per heavy atom. The minimum Gasteiger partial charge on any atom is -0.467 e. The fourth-order valence-corrected chi connectivity index (χ4v) is 2.53. The van der Waals surface area contributed by atoms with Crippen LogP contribution in [0.5, 0.6) is 0 Å². The van der Waals surface area contributed by atoms with Crippen LogP contribution in [0.3, 0.4) is 0 Å². The van der Waals surface area contributed by atoms with E-state index < -0.39 is 17.2 Å². The zero-order valence-electron chi connectivity index (χ0n) is 12.6. The molecule has 0 aromatic rings. The average molecular weight is 271 g/mol. The van der Waals surface area contributed by atoms with Crippen LogP contribution in [0.2, 0.25) is 0 Å². The summed E-state index contributed by atoms with van der Waals surface area (Å²) >= 11 is 0. The van der Waals surface area contributed by atoms with Crippen molar-refractivity contribution in [2.24, 2.45) is 0 Å². The minimum absolute atomic E-state index is 0.347. The molecule has 0 N–H and O–H groups in total. The molecule has 0 saturated carbocycles. The Labute approximate surface area is 115 Å². The zero-order valence-corrected chi connectivity index (χ0v) is 12.6. The molecule has 5 nitrogen and oxygen atoms in total. The third kappa shape index (κ3) is 3.39. The Morgan fingerprint density at radius 2 is 1.89 bits per heavy atom. The fourth-order valence-electron chi connectivity index (χ4n) is 2.53. The molecule has 110 valence electrons. The summed E-state index contributed by atoms with van der Waals surface area (Å²) in [5, 5.41) is 0. The van der Waals surface area contributed by atoms with Gasteiger partial charge in [0.1, 0.15) is 11.1 Å². The van der Waals surface area contributed by atoms with Gasteiger partial charge < -0.3 is 9.47 Å². The van der Waals surface area contributed by atoms with Crippen LogP contribution in [-0.4, -0.2) is 41.8 Å². The maximum absolute atomic E-state index is 12.3. The molecule has 0 aliphatic carbocycles. The summed E-state index contributed by atoms with van der Waals surface area (Å²) < 4.78 is 10.3. The standard InChI is InChI=1S/C14H25NO4/c1-6-14(11(16)18-5)9-7-8-10-15(14)12(17)19-13(2,3)4/h6-10H2,1-5H3. The summed E-state index contributed by atoms with van der Waals surface area (Å²) in [5.41, 5.74) is -1.43. The zero-order chi connectivity index (χ0) is 14.7. The lowest BCUT2D eigenvalue weighted by atomic mass is 9.84. The van der Waals surface area contributed by atoms with Crippen LogP contribution in [0.4, 0.5) is 4.79 Å². The van der Waals surface area contributed by atoms with E-state index in [0.29, 0.717) is 19.4 Å². The van der Waals surface area contributed by atoms with Gasteiger partial charge in [0.05, 0.1) is 7.11 Å². The summed E-state index contributed by atoms with van der Waals surface area (Å²) in [6.45, 7) is 7.90. The summed E-state index contributed by atoms with van der Waals surface area (Å²) in [6.07, 6.45) is 2.55. The molecule has 1 amide bonds. The van der Waals surface area contributed by atoms with Gasteiger partial charge in [-0.1, -0.05) is 6.92 Å². The van der Waals surface area contributed by atoms with E-state index in [2.05, 4.69) is 0 Å². The van der Waals surface area contributed by atoms with Crippen LogP contribution >= 0.6 is 0 Å². The molecule has 1 saturated heterocycles. The van der Waals surface area contributed by atoms with Crippen LogP contribution in [0.25, 0.3) is 0 Å². The smallest absolute Gasteiger partial charge is 0.411 e. The number of carbonyl (C=O) groups excluding carboxylic acids is 2. The monoisotopic (exact) mass is 271 g/mol.